The molecule has 0 radical (unpaired) electrons. The highest BCUT2D eigenvalue weighted by Gasteiger charge is 2.48. The van der Waals surface area contributed by atoms with Crippen molar-refractivity contribution in [3.8, 4) is 0 Å². The van der Waals surface area contributed by atoms with Crippen LogP contribution in [0.4, 0.5) is 0 Å². The first kappa shape index (κ1) is 22.0. The van der Waals surface area contributed by atoms with Gasteiger partial charge in [-0.25, -0.2) is 5.06 Å². The second-order valence-corrected chi connectivity index (χ2v) is 10.0. The zero-order valence-corrected chi connectivity index (χ0v) is 18.2. The summed E-state index contributed by atoms with van der Waals surface area (Å²) >= 11 is 0. The molecule has 5 nitrogen and oxygen atoms in total. The Morgan fingerprint density at radius 3 is 2.39 bits per heavy atom. The van der Waals surface area contributed by atoms with Crippen LogP contribution in [0.1, 0.15) is 90.9 Å². The molecule has 1 amide bonds. The van der Waals surface area contributed by atoms with Gasteiger partial charge in [0, 0.05) is 18.4 Å². The van der Waals surface area contributed by atoms with E-state index in [4.69, 9.17) is 9.47 Å². The molecule has 3 aliphatic rings. The molecule has 4 atom stereocenters. The second kappa shape index (κ2) is 9.90. The first-order valence-electron chi connectivity index (χ1n) is 11.6. The number of unbranched alkanes of at least 4 members (excludes halogenated alkanes) is 2. The predicted octanol–water partition coefficient (Wildman–Crippen LogP) is 4.95. The third-order valence-corrected chi connectivity index (χ3v) is 7.38. The minimum atomic E-state index is -0.491. The molecule has 2 saturated heterocycles. The van der Waals surface area contributed by atoms with Crippen LogP contribution in [0.5, 0.6) is 0 Å². The molecule has 2 aliphatic heterocycles. The van der Waals surface area contributed by atoms with Crippen LogP contribution in [0.2, 0.25) is 0 Å². The van der Waals surface area contributed by atoms with Crippen LogP contribution in [0.25, 0.3) is 0 Å². The van der Waals surface area contributed by atoms with Gasteiger partial charge in [-0.3, -0.25) is 10.0 Å². The number of nitrogens with zero attached hydrogens (tertiary/aromatic N) is 1. The third kappa shape index (κ3) is 5.48. The summed E-state index contributed by atoms with van der Waals surface area (Å²) in [6.45, 7) is 4.73. The number of ether oxygens (including phenoxy) is 2. The van der Waals surface area contributed by atoms with Crippen molar-refractivity contribution in [1.82, 2.24) is 5.06 Å². The fourth-order valence-electron chi connectivity index (χ4n) is 5.65. The molecule has 2 bridgehead atoms. The van der Waals surface area contributed by atoms with Gasteiger partial charge in [0.05, 0.1) is 24.9 Å². The fourth-order valence-corrected chi connectivity index (χ4v) is 5.65. The number of hydrogen-bond donors (Lipinski definition) is 1. The maximum atomic E-state index is 12.0. The normalized spacial score (nSPS) is 30.7. The predicted molar refractivity (Wildman–Crippen MR) is 109 cm³/mol. The molecule has 2 heterocycles. The molecule has 28 heavy (non-hydrogen) atoms. The molecule has 3 rings (SSSR count). The molecule has 162 valence electrons. The van der Waals surface area contributed by atoms with Gasteiger partial charge in [0.25, 0.3) is 5.91 Å². The number of carbonyl (C=O) groups is 1. The maximum absolute atomic E-state index is 12.0. The first-order chi connectivity index (χ1) is 13.4. The summed E-state index contributed by atoms with van der Waals surface area (Å²) in [6.07, 6.45) is 15.7. The zero-order valence-electron chi connectivity index (χ0n) is 18.2. The van der Waals surface area contributed by atoms with E-state index in [1.807, 2.05) is 13.8 Å². The van der Waals surface area contributed by atoms with Crippen LogP contribution in [0.15, 0.2) is 0 Å². The lowest BCUT2D eigenvalue weighted by atomic mass is 9.76. The highest BCUT2D eigenvalue weighted by Crippen LogP contribution is 2.46. The minimum Gasteiger partial charge on any atom is -0.378 e. The van der Waals surface area contributed by atoms with Gasteiger partial charge in [0.2, 0.25) is 0 Å². The number of rotatable bonds is 10. The molecule has 0 aromatic carbocycles. The maximum Gasteiger partial charge on any atom is 0.251 e. The molecule has 3 fully saturated rings. The third-order valence-electron chi connectivity index (χ3n) is 7.38. The van der Waals surface area contributed by atoms with Crippen molar-refractivity contribution in [2.45, 2.75) is 109 Å². The van der Waals surface area contributed by atoms with Crippen molar-refractivity contribution in [3.63, 3.8) is 0 Å². The quantitative estimate of drug-likeness (QED) is 0.323. The van der Waals surface area contributed by atoms with E-state index in [2.05, 4.69) is 0 Å². The number of carbonyl (C=O) groups excluding carboxylic acids is 1. The lowest BCUT2D eigenvalue weighted by Crippen LogP contribution is -2.36. The van der Waals surface area contributed by atoms with E-state index >= 15 is 0 Å². The van der Waals surface area contributed by atoms with E-state index in [1.54, 1.807) is 0 Å². The lowest BCUT2D eigenvalue weighted by Gasteiger charge is -2.30. The van der Waals surface area contributed by atoms with E-state index in [1.165, 1.54) is 64.8 Å². The fraction of sp³-hybridized carbons (Fsp3) is 0.957. The Morgan fingerprint density at radius 1 is 1.04 bits per heavy atom. The Balaban J connectivity index is 1.38. The topological polar surface area (TPSA) is 59.0 Å². The zero-order chi connectivity index (χ0) is 20.1. The lowest BCUT2D eigenvalue weighted by molar-refractivity contribution is -0.169. The van der Waals surface area contributed by atoms with Crippen molar-refractivity contribution in [2.24, 2.45) is 17.3 Å². The highest BCUT2D eigenvalue weighted by atomic mass is 16.5. The minimum absolute atomic E-state index is 0.200. The molecule has 1 saturated carbocycles. The van der Waals surface area contributed by atoms with E-state index in [0.717, 1.165) is 30.9 Å². The summed E-state index contributed by atoms with van der Waals surface area (Å²) in [7, 11) is 1.41. The van der Waals surface area contributed by atoms with E-state index < -0.39 is 5.41 Å². The van der Waals surface area contributed by atoms with Crippen molar-refractivity contribution in [1.29, 1.82) is 0 Å². The van der Waals surface area contributed by atoms with Crippen molar-refractivity contribution >= 4 is 5.91 Å². The van der Waals surface area contributed by atoms with Gasteiger partial charge in [-0.1, -0.05) is 52.4 Å². The molecule has 0 spiro atoms. The van der Waals surface area contributed by atoms with E-state index in [-0.39, 0.29) is 5.91 Å². The number of hydrogen-bond acceptors (Lipinski definition) is 4. The van der Waals surface area contributed by atoms with Crippen LogP contribution in [-0.2, 0) is 14.3 Å². The monoisotopic (exact) mass is 395 g/mol. The SMILES string of the molecule is CN(O)C(=O)C(C)(C)CCCCC[C@H]1[C@@H](COC2CCCCC2)[C@H]2CC[C@@H]1O2. The number of hydroxylamine groups is 2. The van der Waals surface area contributed by atoms with E-state index in [0.29, 0.717) is 30.1 Å². The van der Waals surface area contributed by atoms with Crippen LogP contribution >= 0.6 is 0 Å². The molecule has 0 unspecified atom stereocenters. The smallest absolute Gasteiger partial charge is 0.251 e. The van der Waals surface area contributed by atoms with Crippen molar-refractivity contribution in [2.75, 3.05) is 13.7 Å². The largest absolute Gasteiger partial charge is 0.378 e. The molecular formula is C23H41NO4. The molecule has 5 heteroatoms. The van der Waals surface area contributed by atoms with Gasteiger partial charge >= 0.3 is 0 Å². The first-order valence-corrected chi connectivity index (χ1v) is 11.6. The van der Waals surface area contributed by atoms with Crippen LogP contribution in [0, 0.1) is 17.3 Å². The molecule has 1 aliphatic carbocycles. The molecule has 1 N–H and O–H groups in total. The Hall–Kier alpha value is -0.650. The van der Waals surface area contributed by atoms with E-state index in [9.17, 15) is 10.0 Å². The molecule has 0 aromatic heterocycles. The van der Waals surface area contributed by atoms with Gasteiger partial charge in [0.15, 0.2) is 0 Å². The highest BCUT2D eigenvalue weighted by molar-refractivity contribution is 5.80. The molecular weight excluding hydrogens is 354 g/mol. The second-order valence-electron chi connectivity index (χ2n) is 10.0. The van der Waals surface area contributed by atoms with Crippen molar-refractivity contribution in [3.05, 3.63) is 0 Å². The summed E-state index contributed by atoms with van der Waals surface area (Å²) in [4.78, 5) is 12.0. The summed E-state index contributed by atoms with van der Waals surface area (Å²) in [5, 5.41) is 10.1. The van der Waals surface area contributed by atoms with Crippen LogP contribution in [0.3, 0.4) is 0 Å². The van der Waals surface area contributed by atoms with Crippen LogP contribution < -0.4 is 0 Å². The molecule has 0 aromatic rings. The number of amides is 1. The van der Waals surface area contributed by atoms with Gasteiger partial charge in [-0.15, -0.1) is 0 Å². The van der Waals surface area contributed by atoms with Gasteiger partial charge in [-0.05, 0) is 44.4 Å². The van der Waals surface area contributed by atoms with Gasteiger partial charge < -0.3 is 9.47 Å². The van der Waals surface area contributed by atoms with Crippen molar-refractivity contribution < 1.29 is 19.5 Å². The summed E-state index contributed by atoms with van der Waals surface area (Å²) < 4.78 is 12.6. The summed E-state index contributed by atoms with van der Waals surface area (Å²) in [5.74, 6) is 1.04. The number of fused-ring (bicyclic) bond motifs is 2. The standard InChI is InChI=1S/C23H41NO4/c1-23(2,22(25)24(3)26)15-9-5-8-12-18-19(21-14-13-20(18)28-21)16-27-17-10-6-4-7-11-17/h17-21,26H,4-16H2,1-3H3/t18-,19+,20-,21+/m0/s1. The van der Waals surface area contributed by atoms with Gasteiger partial charge in [-0.2, -0.15) is 0 Å². The Labute approximate surface area is 171 Å². The summed E-state index contributed by atoms with van der Waals surface area (Å²) in [5.41, 5.74) is -0.491. The Morgan fingerprint density at radius 2 is 1.71 bits per heavy atom. The Kier molecular flexibility index (Phi) is 7.80. The van der Waals surface area contributed by atoms with Crippen LogP contribution in [-0.4, -0.2) is 48.1 Å². The van der Waals surface area contributed by atoms with Gasteiger partial charge in [0.1, 0.15) is 0 Å². The average Bonchev–Trinajstić information content (AvgIpc) is 3.28. The summed E-state index contributed by atoms with van der Waals surface area (Å²) in [6, 6.07) is 0. The average molecular weight is 396 g/mol. The Bertz CT molecular complexity index is 501.